The molecule has 2 atom stereocenters. The number of hydrogen-bond acceptors (Lipinski definition) is 5. The van der Waals surface area contributed by atoms with Crippen molar-refractivity contribution in [2.24, 2.45) is 11.3 Å². The first-order valence-corrected chi connectivity index (χ1v) is 9.32. The molecule has 0 unspecified atom stereocenters. The van der Waals surface area contributed by atoms with Gasteiger partial charge >= 0.3 is 0 Å². The van der Waals surface area contributed by atoms with Crippen LogP contribution in [0.5, 0.6) is 0 Å². The molecule has 1 N–H and O–H groups in total. The topological polar surface area (TPSA) is 68.0 Å². The molecule has 0 radical (unpaired) electrons. The van der Waals surface area contributed by atoms with Crippen LogP contribution in [-0.2, 0) is 10.5 Å². The molecule has 1 aliphatic carbocycles. The first kappa shape index (κ1) is 17.0. The van der Waals surface area contributed by atoms with Gasteiger partial charge in [-0.25, -0.2) is 0 Å². The third-order valence-corrected chi connectivity index (χ3v) is 5.69. The van der Waals surface area contributed by atoms with Gasteiger partial charge < -0.3 is 9.84 Å². The first-order valence-electron chi connectivity index (χ1n) is 8.17. The van der Waals surface area contributed by atoms with E-state index >= 15 is 0 Å². The number of amides is 1. The van der Waals surface area contributed by atoms with E-state index in [9.17, 15) is 4.79 Å². The molecule has 1 aromatic carbocycles. The van der Waals surface area contributed by atoms with E-state index in [0.29, 0.717) is 35.1 Å². The Morgan fingerprint density at radius 2 is 2.08 bits per heavy atom. The summed E-state index contributed by atoms with van der Waals surface area (Å²) in [6, 6.07) is 10.6. The summed E-state index contributed by atoms with van der Waals surface area (Å²) in [6.07, 6.45) is 0. The maximum Gasteiger partial charge on any atom is 0.230 e. The van der Waals surface area contributed by atoms with Crippen molar-refractivity contribution < 1.29 is 9.32 Å². The van der Waals surface area contributed by atoms with Crippen LogP contribution in [0.15, 0.2) is 34.9 Å². The number of benzene rings is 1. The predicted molar refractivity (Wildman–Crippen MR) is 94.7 cm³/mol. The Morgan fingerprint density at radius 3 is 2.75 bits per heavy atom. The van der Waals surface area contributed by atoms with Gasteiger partial charge in [-0.2, -0.15) is 4.98 Å². The molecule has 6 heteroatoms. The monoisotopic (exact) mass is 345 g/mol. The smallest absolute Gasteiger partial charge is 0.230 e. The summed E-state index contributed by atoms with van der Waals surface area (Å²) in [5, 5.41) is 6.89. The van der Waals surface area contributed by atoms with Crippen molar-refractivity contribution in [3.8, 4) is 0 Å². The number of aryl methyl sites for hydroxylation is 1. The van der Waals surface area contributed by atoms with Crippen molar-refractivity contribution in [3.63, 3.8) is 0 Å². The van der Waals surface area contributed by atoms with Gasteiger partial charge in [-0.05, 0) is 22.8 Å². The number of thioether (sulfide) groups is 1. The summed E-state index contributed by atoms with van der Waals surface area (Å²) in [7, 11) is 0. The van der Waals surface area contributed by atoms with Gasteiger partial charge in [-0.15, -0.1) is 11.8 Å². The maximum absolute atomic E-state index is 12.0. The van der Waals surface area contributed by atoms with Crippen LogP contribution in [-0.4, -0.2) is 28.3 Å². The van der Waals surface area contributed by atoms with E-state index in [1.165, 1.54) is 17.3 Å². The molecule has 1 aliphatic rings. The summed E-state index contributed by atoms with van der Waals surface area (Å²) < 4.78 is 4.91. The molecule has 0 aliphatic heterocycles. The fourth-order valence-electron chi connectivity index (χ4n) is 3.36. The van der Waals surface area contributed by atoms with Gasteiger partial charge in [0.05, 0.1) is 11.5 Å². The lowest BCUT2D eigenvalue weighted by atomic mass is 10.0. The van der Waals surface area contributed by atoms with E-state index in [1.807, 2.05) is 6.07 Å². The normalized spacial score (nSPS) is 21.5. The van der Waals surface area contributed by atoms with Crippen LogP contribution in [0.1, 0.15) is 37.0 Å². The molecule has 5 nitrogen and oxygen atoms in total. The Morgan fingerprint density at radius 1 is 1.33 bits per heavy atom. The molecule has 1 fully saturated rings. The first-order chi connectivity index (χ1) is 11.5. The molecule has 1 aromatic heterocycles. The van der Waals surface area contributed by atoms with Crippen LogP contribution in [0.25, 0.3) is 0 Å². The Kier molecular flexibility index (Phi) is 4.94. The number of nitrogens with one attached hydrogen (secondary N) is 1. The minimum Gasteiger partial charge on any atom is -0.355 e. The molecule has 24 heavy (non-hydrogen) atoms. The van der Waals surface area contributed by atoms with Crippen molar-refractivity contribution in [1.29, 1.82) is 0 Å². The van der Waals surface area contributed by atoms with Crippen LogP contribution in [0.4, 0.5) is 0 Å². The van der Waals surface area contributed by atoms with Gasteiger partial charge in [-0.1, -0.05) is 49.3 Å². The molecule has 128 valence electrons. The Labute approximate surface area is 146 Å². The zero-order chi connectivity index (χ0) is 17.2. The highest BCUT2D eigenvalue weighted by Crippen LogP contribution is 2.63. The van der Waals surface area contributed by atoms with Crippen LogP contribution < -0.4 is 5.32 Å². The van der Waals surface area contributed by atoms with E-state index in [2.05, 4.69) is 53.6 Å². The zero-order valence-electron chi connectivity index (χ0n) is 14.3. The lowest BCUT2D eigenvalue weighted by Gasteiger charge is -2.05. The van der Waals surface area contributed by atoms with E-state index in [1.54, 1.807) is 6.92 Å². The molecule has 0 bridgehead atoms. The number of carbonyl (C=O) groups excluding carboxylic acids is 1. The zero-order valence-corrected chi connectivity index (χ0v) is 15.1. The molecule has 1 saturated carbocycles. The predicted octanol–water partition coefficient (Wildman–Crippen LogP) is 3.17. The standard InChI is InChI=1S/C18H23N3O2S/c1-12-20-15(21-23-12)10-24-11-16(22)19-9-14-17(18(14,2)3)13-7-5-4-6-8-13/h4-8,14,17H,9-11H2,1-3H3,(H,19,22)/t14-,17+/m0/s1. The Balaban J connectivity index is 1.41. The molecule has 1 amide bonds. The SMILES string of the molecule is Cc1nc(CSCC(=O)NC[C@H]2[C@@H](c3ccccc3)C2(C)C)no1. The number of rotatable bonds is 7. The van der Waals surface area contributed by atoms with Crippen molar-refractivity contribution in [2.45, 2.75) is 32.4 Å². The van der Waals surface area contributed by atoms with Crippen molar-refractivity contribution in [1.82, 2.24) is 15.5 Å². The van der Waals surface area contributed by atoms with Crippen molar-refractivity contribution >= 4 is 17.7 Å². The number of nitrogens with zero attached hydrogens (tertiary/aromatic N) is 2. The van der Waals surface area contributed by atoms with Gasteiger partial charge in [-0.3, -0.25) is 4.79 Å². The van der Waals surface area contributed by atoms with Crippen LogP contribution in [0.3, 0.4) is 0 Å². The number of aromatic nitrogens is 2. The molecular formula is C18H23N3O2S. The molecule has 2 aromatic rings. The summed E-state index contributed by atoms with van der Waals surface area (Å²) >= 11 is 1.50. The highest BCUT2D eigenvalue weighted by atomic mass is 32.2. The fourth-order valence-corrected chi connectivity index (χ4v) is 4.05. The van der Waals surface area contributed by atoms with Gasteiger partial charge in [0.1, 0.15) is 0 Å². The highest BCUT2D eigenvalue weighted by molar-refractivity contribution is 7.99. The molecule has 1 heterocycles. The summed E-state index contributed by atoms with van der Waals surface area (Å²) in [4.78, 5) is 16.2. The second-order valence-electron chi connectivity index (χ2n) is 6.84. The average Bonchev–Trinajstić information content (AvgIpc) is 2.86. The number of carbonyl (C=O) groups is 1. The fraction of sp³-hybridized carbons (Fsp3) is 0.500. The minimum atomic E-state index is 0.0646. The maximum atomic E-state index is 12.0. The lowest BCUT2D eigenvalue weighted by molar-refractivity contribution is -0.118. The van der Waals surface area contributed by atoms with Crippen LogP contribution in [0.2, 0.25) is 0 Å². The molecular weight excluding hydrogens is 322 g/mol. The molecule has 3 rings (SSSR count). The van der Waals surface area contributed by atoms with Crippen molar-refractivity contribution in [2.75, 3.05) is 12.3 Å². The largest absolute Gasteiger partial charge is 0.355 e. The van der Waals surface area contributed by atoms with E-state index in [-0.39, 0.29) is 11.3 Å². The van der Waals surface area contributed by atoms with Gasteiger partial charge in [0.25, 0.3) is 0 Å². The van der Waals surface area contributed by atoms with Gasteiger partial charge in [0.15, 0.2) is 5.82 Å². The second kappa shape index (κ2) is 6.97. The third-order valence-electron chi connectivity index (χ3n) is 4.76. The van der Waals surface area contributed by atoms with Gasteiger partial charge in [0.2, 0.25) is 11.8 Å². The highest BCUT2D eigenvalue weighted by Gasteiger charge is 2.57. The minimum absolute atomic E-state index is 0.0646. The average molecular weight is 345 g/mol. The Hall–Kier alpha value is -1.82. The van der Waals surface area contributed by atoms with Crippen LogP contribution in [0, 0.1) is 18.3 Å². The van der Waals surface area contributed by atoms with Gasteiger partial charge in [0, 0.05) is 13.5 Å². The summed E-state index contributed by atoms with van der Waals surface area (Å²) in [5.41, 5.74) is 1.60. The van der Waals surface area contributed by atoms with E-state index < -0.39 is 0 Å². The Bertz CT molecular complexity index is 699. The second-order valence-corrected chi connectivity index (χ2v) is 7.83. The van der Waals surface area contributed by atoms with Crippen molar-refractivity contribution in [3.05, 3.63) is 47.6 Å². The lowest BCUT2D eigenvalue weighted by Crippen LogP contribution is -2.28. The number of hydrogen-bond donors (Lipinski definition) is 1. The summed E-state index contributed by atoms with van der Waals surface area (Å²) in [6.45, 7) is 7.03. The quantitative estimate of drug-likeness (QED) is 0.835. The third kappa shape index (κ3) is 3.80. The van der Waals surface area contributed by atoms with E-state index in [4.69, 9.17) is 4.52 Å². The molecule has 0 spiro atoms. The summed E-state index contributed by atoms with van der Waals surface area (Å²) in [5.74, 6) is 3.27. The molecule has 0 saturated heterocycles. The van der Waals surface area contributed by atoms with E-state index in [0.717, 1.165) is 6.54 Å². The van der Waals surface area contributed by atoms with Crippen LogP contribution >= 0.6 is 11.8 Å².